The molecule has 0 heterocycles. The molecule has 3 N–H and O–H groups in total. The first-order valence-electron chi connectivity index (χ1n) is 8.90. The lowest BCUT2D eigenvalue weighted by atomic mass is 10.2. The molecule has 0 aromatic heterocycles. The highest BCUT2D eigenvalue weighted by Crippen LogP contribution is 2.18. The Morgan fingerprint density at radius 3 is 2.43 bits per heavy atom. The Morgan fingerprint density at radius 1 is 1.07 bits per heavy atom. The zero-order chi connectivity index (χ0) is 21.9. The van der Waals surface area contributed by atoms with Crippen LogP contribution in [-0.2, 0) is 4.79 Å². The molecule has 0 saturated heterocycles. The number of amides is 2. The van der Waals surface area contributed by atoms with E-state index in [2.05, 4.69) is 16.2 Å². The van der Waals surface area contributed by atoms with E-state index in [1.807, 2.05) is 6.92 Å². The van der Waals surface area contributed by atoms with E-state index in [9.17, 15) is 19.7 Å². The molecule has 0 aliphatic rings. The predicted octanol–water partition coefficient (Wildman–Crippen LogP) is 2.10. The van der Waals surface area contributed by atoms with E-state index in [-0.39, 0.29) is 23.2 Å². The summed E-state index contributed by atoms with van der Waals surface area (Å²) in [6, 6.07) is 12.0. The van der Waals surface area contributed by atoms with Crippen molar-refractivity contribution in [3.8, 4) is 11.5 Å². The summed E-state index contributed by atoms with van der Waals surface area (Å²) in [6.07, 6.45) is 0.796. The number of nitro benzene ring substituents is 1. The second kappa shape index (κ2) is 11.3. The summed E-state index contributed by atoms with van der Waals surface area (Å²) in [4.78, 5) is 34.3. The fourth-order valence-electron chi connectivity index (χ4n) is 2.17. The zero-order valence-electron chi connectivity index (χ0n) is 16.0. The highest BCUT2D eigenvalue weighted by molar-refractivity contribution is 7.80. The molecule has 0 bridgehead atoms. The van der Waals surface area contributed by atoms with Gasteiger partial charge in [0.05, 0.1) is 17.1 Å². The van der Waals surface area contributed by atoms with Crippen molar-refractivity contribution in [1.82, 2.24) is 16.2 Å². The molecule has 0 spiro atoms. The number of hydrogen-bond donors (Lipinski definition) is 3. The molecule has 0 saturated carbocycles. The molecule has 158 valence electrons. The lowest BCUT2D eigenvalue weighted by Gasteiger charge is -2.13. The Balaban J connectivity index is 1.78. The van der Waals surface area contributed by atoms with Crippen LogP contribution in [-0.4, -0.2) is 35.1 Å². The van der Waals surface area contributed by atoms with Crippen LogP contribution in [0.3, 0.4) is 0 Å². The largest absolute Gasteiger partial charge is 0.493 e. The molecule has 30 heavy (non-hydrogen) atoms. The van der Waals surface area contributed by atoms with Crippen LogP contribution in [0.4, 0.5) is 5.69 Å². The fraction of sp³-hybridized carbons (Fsp3) is 0.211. The second-order valence-electron chi connectivity index (χ2n) is 5.84. The minimum atomic E-state index is -0.573. The van der Waals surface area contributed by atoms with Crippen molar-refractivity contribution in [3.63, 3.8) is 0 Å². The van der Waals surface area contributed by atoms with Gasteiger partial charge in [-0.25, -0.2) is 0 Å². The highest BCUT2D eigenvalue weighted by atomic mass is 32.1. The third-order valence-electron chi connectivity index (χ3n) is 3.55. The number of hydrogen-bond acceptors (Lipinski definition) is 7. The number of benzene rings is 2. The van der Waals surface area contributed by atoms with Gasteiger partial charge in [0, 0.05) is 12.1 Å². The molecule has 0 unspecified atom stereocenters. The Kier molecular flexibility index (Phi) is 8.51. The van der Waals surface area contributed by atoms with Crippen LogP contribution >= 0.6 is 12.2 Å². The Hall–Kier alpha value is -3.73. The minimum Gasteiger partial charge on any atom is -0.493 e. The number of nitrogens with one attached hydrogen (secondary N) is 3. The first kappa shape index (κ1) is 22.6. The Morgan fingerprint density at radius 2 is 1.77 bits per heavy atom. The standard InChI is InChI=1S/C19H20N4O6S/c1-2-11-28-16-6-4-3-5-15(16)18(25)20-19(30)22-21-17(24)12-29-14-9-7-13(8-10-14)23(26)27/h3-10H,2,11-12H2,1H3,(H,21,24)(H2,20,22,25,30). The fourth-order valence-corrected chi connectivity index (χ4v) is 2.31. The topological polar surface area (TPSA) is 132 Å². The van der Waals surface area contributed by atoms with Crippen molar-refractivity contribution >= 4 is 34.8 Å². The molecule has 11 heteroatoms. The van der Waals surface area contributed by atoms with E-state index in [1.54, 1.807) is 24.3 Å². The van der Waals surface area contributed by atoms with Crippen LogP contribution in [0.5, 0.6) is 11.5 Å². The lowest BCUT2D eigenvalue weighted by Crippen LogP contribution is -2.49. The van der Waals surface area contributed by atoms with Gasteiger partial charge in [0.15, 0.2) is 11.7 Å². The van der Waals surface area contributed by atoms with Gasteiger partial charge in [-0.05, 0) is 42.9 Å². The van der Waals surface area contributed by atoms with Crippen LogP contribution < -0.4 is 25.6 Å². The maximum absolute atomic E-state index is 12.4. The van der Waals surface area contributed by atoms with E-state index in [0.717, 1.165) is 6.42 Å². The highest BCUT2D eigenvalue weighted by Gasteiger charge is 2.14. The number of rotatable bonds is 8. The van der Waals surface area contributed by atoms with Crippen molar-refractivity contribution in [2.75, 3.05) is 13.2 Å². The van der Waals surface area contributed by atoms with Gasteiger partial charge in [0.2, 0.25) is 0 Å². The molecule has 0 radical (unpaired) electrons. The maximum atomic E-state index is 12.4. The first-order valence-corrected chi connectivity index (χ1v) is 9.30. The minimum absolute atomic E-state index is 0.0868. The molecule has 2 rings (SSSR count). The van der Waals surface area contributed by atoms with Crippen LogP contribution in [0, 0.1) is 10.1 Å². The number of carbonyl (C=O) groups excluding carboxylic acids is 2. The SMILES string of the molecule is CCCOc1ccccc1C(=O)NC(=S)NNC(=O)COc1ccc([N+](=O)[O-])cc1. The number of thiocarbonyl (C=S) groups is 1. The van der Waals surface area contributed by atoms with Gasteiger partial charge in [0.25, 0.3) is 17.5 Å². The van der Waals surface area contributed by atoms with Crippen molar-refractivity contribution in [1.29, 1.82) is 0 Å². The molecule has 0 fully saturated rings. The molecule has 2 amide bonds. The van der Waals surface area contributed by atoms with Gasteiger partial charge >= 0.3 is 0 Å². The van der Waals surface area contributed by atoms with Crippen LogP contribution in [0.1, 0.15) is 23.7 Å². The van der Waals surface area contributed by atoms with Gasteiger partial charge in [-0.15, -0.1) is 0 Å². The average Bonchev–Trinajstić information content (AvgIpc) is 2.75. The van der Waals surface area contributed by atoms with Crippen molar-refractivity contribution < 1.29 is 24.0 Å². The quantitative estimate of drug-likeness (QED) is 0.328. The van der Waals surface area contributed by atoms with E-state index in [4.69, 9.17) is 21.7 Å². The van der Waals surface area contributed by atoms with Crippen LogP contribution in [0.15, 0.2) is 48.5 Å². The third kappa shape index (κ3) is 7.02. The summed E-state index contributed by atoms with van der Waals surface area (Å²) >= 11 is 4.99. The van der Waals surface area contributed by atoms with Gasteiger partial charge in [0.1, 0.15) is 11.5 Å². The number of non-ortho nitro benzene ring substituents is 1. The van der Waals surface area contributed by atoms with Crippen molar-refractivity contribution in [2.24, 2.45) is 0 Å². The number of hydrazine groups is 1. The third-order valence-corrected chi connectivity index (χ3v) is 3.76. The molecular weight excluding hydrogens is 412 g/mol. The molecular formula is C19H20N4O6S. The molecule has 10 nitrogen and oxygen atoms in total. The van der Waals surface area contributed by atoms with E-state index >= 15 is 0 Å². The zero-order valence-corrected chi connectivity index (χ0v) is 16.9. The summed E-state index contributed by atoms with van der Waals surface area (Å²) < 4.78 is 10.8. The van der Waals surface area contributed by atoms with E-state index in [0.29, 0.717) is 17.9 Å². The Labute approximate surface area is 177 Å². The van der Waals surface area contributed by atoms with Gasteiger partial charge in [-0.1, -0.05) is 19.1 Å². The van der Waals surface area contributed by atoms with Crippen LogP contribution in [0.2, 0.25) is 0 Å². The first-order chi connectivity index (χ1) is 14.4. The molecule has 2 aromatic rings. The average molecular weight is 432 g/mol. The van der Waals surface area contributed by atoms with E-state index in [1.165, 1.54) is 24.3 Å². The normalized spacial score (nSPS) is 9.90. The lowest BCUT2D eigenvalue weighted by molar-refractivity contribution is -0.384. The molecule has 2 aromatic carbocycles. The maximum Gasteiger partial charge on any atom is 0.276 e. The monoisotopic (exact) mass is 432 g/mol. The summed E-state index contributed by atoms with van der Waals surface area (Å²) in [5, 5.41) is 12.9. The number of carbonyl (C=O) groups is 2. The van der Waals surface area contributed by atoms with Gasteiger partial charge < -0.3 is 9.47 Å². The van der Waals surface area contributed by atoms with Crippen LogP contribution in [0.25, 0.3) is 0 Å². The molecule has 0 atom stereocenters. The number of nitro groups is 1. The summed E-state index contributed by atoms with van der Waals surface area (Å²) in [5.74, 6) is -0.345. The summed E-state index contributed by atoms with van der Waals surface area (Å²) in [5.41, 5.74) is 4.90. The summed E-state index contributed by atoms with van der Waals surface area (Å²) in [7, 11) is 0. The van der Waals surface area contributed by atoms with Crippen molar-refractivity contribution in [2.45, 2.75) is 13.3 Å². The number of para-hydroxylation sites is 1. The number of nitrogens with zero attached hydrogens (tertiary/aromatic N) is 1. The molecule has 0 aliphatic carbocycles. The second-order valence-corrected chi connectivity index (χ2v) is 6.25. The van der Waals surface area contributed by atoms with Gasteiger partial charge in [-0.2, -0.15) is 0 Å². The smallest absolute Gasteiger partial charge is 0.276 e. The predicted molar refractivity (Wildman–Crippen MR) is 112 cm³/mol. The Bertz CT molecular complexity index is 919. The van der Waals surface area contributed by atoms with E-state index < -0.39 is 16.7 Å². The van der Waals surface area contributed by atoms with Crippen molar-refractivity contribution in [3.05, 3.63) is 64.2 Å². The van der Waals surface area contributed by atoms with Gasteiger partial charge in [-0.3, -0.25) is 35.9 Å². The summed E-state index contributed by atoms with van der Waals surface area (Å²) in [6.45, 7) is 2.06. The molecule has 0 aliphatic heterocycles. The number of ether oxygens (including phenoxy) is 2.